The Kier molecular flexibility index (Phi) is 2.69. The highest BCUT2D eigenvalue weighted by atomic mass is 35.5. The fourth-order valence-electron chi connectivity index (χ4n) is 1.63. The molecule has 0 aromatic heterocycles. The fraction of sp³-hybridized carbons (Fsp3) is 0.167. The fourth-order valence-corrected chi connectivity index (χ4v) is 1.80. The number of anilines is 2. The summed E-state index contributed by atoms with van der Waals surface area (Å²) in [6.07, 6.45) is 0. The number of nitrogens with two attached hydrogens (primary N) is 1. The zero-order valence-electron chi connectivity index (χ0n) is 8.55. The van der Waals surface area contributed by atoms with Crippen molar-refractivity contribution in [3.8, 4) is 0 Å². The molecule has 0 atom stereocenters. The van der Waals surface area contributed by atoms with Crippen LogP contribution in [0, 0.1) is 0 Å². The lowest BCUT2D eigenvalue weighted by Crippen LogP contribution is -1.96. The molecule has 3 heteroatoms. The van der Waals surface area contributed by atoms with Crippen molar-refractivity contribution in [2.24, 2.45) is 0 Å². The number of halogens is 1. The summed E-state index contributed by atoms with van der Waals surface area (Å²) in [5.74, 6) is 0. The molecule has 0 bridgehead atoms. The van der Waals surface area contributed by atoms with Crippen molar-refractivity contribution in [2.45, 2.75) is 6.92 Å². The lowest BCUT2D eigenvalue weighted by atomic mass is 10.1. The zero-order valence-corrected chi connectivity index (χ0v) is 9.31. The van der Waals surface area contributed by atoms with Crippen LogP contribution in [-0.2, 0) is 0 Å². The normalized spacial score (nSPS) is 10.5. The first kappa shape index (κ1) is 10.1. The molecule has 78 valence electrons. The first-order valence-electron chi connectivity index (χ1n) is 4.94. The summed E-state index contributed by atoms with van der Waals surface area (Å²) in [6.45, 7) is 2.96. The van der Waals surface area contributed by atoms with Gasteiger partial charge in [0.25, 0.3) is 0 Å². The van der Waals surface area contributed by atoms with E-state index in [1.54, 1.807) is 0 Å². The molecular formula is C12H13ClN2. The molecule has 0 aliphatic carbocycles. The van der Waals surface area contributed by atoms with Crippen LogP contribution in [0.3, 0.4) is 0 Å². The van der Waals surface area contributed by atoms with Crippen LogP contribution >= 0.6 is 11.6 Å². The van der Waals surface area contributed by atoms with Crippen LogP contribution in [-0.4, -0.2) is 6.54 Å². The molecule has 0 aliphatic heterocycles. The van der Waals surface area contributed by atoms with Gasteiger partial charge in [-0.25, -0.2) is 0 Å². The minimum atomic E-state index is 0.608. The van der Waals surface area contributed by atoms with Gasteiger partial charge >= 0.3 is 0 Å². The van der Waals surface area contributed by atoms with E-state index in [0.29, 0.717) is 10.7 Å². The highest BCUT2D eigenvalue weighted by Crippen LogP contribution is 2.30. The van der Waals surface area contributed by atoms with Gasteiger partial charge in [-0.05, 0) is 30.5 Å². The van der Waals surface area contributed by atoms with Gasteiger partial charge in [-0.2, -0.15) is 0 Å². The van der Waals surface area contributed by atoms with E-state index in [4.69, 9.17) is 17.3 Å². The summed E-state index contributed by atoms with van der Waals surface area (Å²) in [5, 5.41) is 5.97. The van der Waals surface area contributed by atoms with E-state index in [2.05, 4.69) is 12.2 Å². The van der Waals surface area contributed by atoms with E-state index >= 15 is 0 Å². The SMILES string of the molecule is CCNc1ccc2ccc(Cl)c(N)c2c1. The molecule has 0 saturated carbocycles. The summed E-state index contributed by atoms with van der Waals surface area (Å²) in [7, 11) is 0. The first-order chi connectivity index (χ1) is 7.22. The first-order valence-corrected chi connectivity index (χ1v) is 5.31. The quantitative estimate of drug-likeness (QED) is 0.761. The lowest BCUT2D eigenvalue weighted by Gasteiger charge is -2.07. The molecule has 0 heterocycles. The predicted molar refractivity (Wildman–Crippen MR) is 67.5 cm³/mol. The van der Waals surface area contributed by atoms with Gasteiger partial charge in [-0.3, -0.25) is 0 Å². The summed E-state index contributed by atoms with van der Waals surface area (Å²) in [6, 6.07) is 9.91. The number of benzene rings is 2. The largest absolute Gasteiger partial charge is 0.397 e. The molecule has 15 heavy (non-hydrogen) atoms. The Balaban J connectivity index is 2.63. The van der Waals surface area contributed by atoms with Crippen molar-refractivity contribution in [1.82, 2.24) is 0 Å². The number of nitrogen functional groups attached to an aromatic ring is 1. The zero-order chi connectivity index (χ0) is 10.8. The van der Waals surface area contributed by atoms with Crippen LogP contribution in [0.25, 0.3) is 10.8 Å². The Morgan fingerprint density at radius 1 is 1.27 bits per heavy atom. The monoisotopic (exact) mass is 220 g/mol. The lowest BCUT2D eigenvalue weighted by molar-refractivity contribution is 1.21. The molecule has 2 rings (SSSR count). The van der Waals surface area contributed by atoms with Gasteiger partial charge < -0.3 is 11.1 Å². The second kappa shape index (κ2) is 3.99. The number of nitrogens with one attached hydrogen (secondary N) is 1. The number of hydrogen-bond acceptors (Lipinski definition) is 2. The van der Waals surface area contributed by atoms with Crippen molar-refractivity contribution in [3.05, 3.63) is 35.4 Å². The smallest absolute Gasteiger partial charge is 0.0642 e. The third-order valence-electron chi connectivity index (χ3n) is 2.39. The Hall–Kier alpha value is -1.41. The average molecular weight is 221 g/mol. The van der Waals surface area contributed by atoms with Gasteiger partial charge in [0.1, 0.15) is 0 Å². The van der Waals surface area contributed by atoms with Crippen molar-refractivity contribution < 1.29 is 0 Å². The summed E-state index contributed by atoms with van der Waals surface area (Å²) >= 11 is 5.97. The average Bonchev–Trinajstić information content (AvgIpc) is 2.25. The highest BCUT2D eigenvalue weighted by Gasteiger charge is 2.02. The standard InChI is InChI=1S/C12H13ClN2/c1-2-15-9-5-3-8-4-6-11(13)12(14)10(8)7-9/h3-7,15H,2,14H2,1H3. The van der Waals surface area contributed by atoms with Crippen LogP contribution in [0.4, 0.5) is 11.4 Å². The molecule has 0 unspecified atom stereocenters. The Morgan fingerprint density at radius 2 is 2.00 bits per heavy atom. The minimum Gasteiger partial charge on any atom is -0.397 e. The molecule has 3 N–H and O–H groups in total. The van der Waals surface area contributed by atoms with E-state index in [9.17, 15) is 0 Å². The molecular weight excluding hydrogens is 208 g/mol. The van der Waals surface area contributed by atoms with Crippen molar-refractivity contribution in [2.75, 3.05) is 17.6 Å². The topological polar surface area (TPSA) is 38.0 Å². The van der Waals surface area contributed by atoms with E-state index in [1.165, 1.54) is 0 Å². The molecule has 0 spiro atoms. The maximum Gasteiger partial charge on any atom is 0.0642 e. The third-order valence-corrected chi connectivity index (χ3v) is 2.72. The second-order valence-electron chi connectivity index (χ2n) is 3.43. The van der Waals surface area contributed by atoms with Crippen LogP contribution in [0.5, 0.6) is 0 Å². The number of rotatable bonds is 2. The van der Waals surface area contributed by atoms with Gasteiger partial charge in [-0.1, -0.05) is 23.7 Å². The Bertz CT molecular complexity index is 494. The molecule has 0 saturated heterocycles. The van der Waals surface area contributed by atoms with Crippen molar-refractivity contribution in [1.29, 1.82) is 0 Å². The Morgan fingerprint density at radius 3 is 2.73 bits per heavy atom. The summed E-state index contributed by atoms with van der Waals surface area (Å²) in [5.41, 5.74) is 7.64. The molecule has 2 aromatic carbocycles. The molecule has 0 amide bonds. The van der Waals surface area contributed by atoms with E-state index in [1.807, 2.05) is 30.3 Å². The van der Waals surface area contributed by atoms with Crippen molar-refractivity contribution in [3.63, 3.8) is 0 Å². The van der Waals surface area contributed by atoms with Crippen LogP contribution < -0.4 is 11.1 Å². The van der Waals surface area contributed by atoms with Gasteiger partial charge in [0.2, 0.25) is 0 Å². The van der Waals surface area contributed by atoms with Crippen LogP contribution in [0.15, 0.2) is 30.3 Å². The third kappa shape index (κ3) is 1.85. The second-order valence-corrected chi connectivity index (χ2v) is 3.83. The maximum atomic E-state index is 5.97. The van der Waals surface area contributed by atoms with E-state index in [0.717, 1.165) is 23.0 Å². The van der Waals surface area contributed by atoms with Crippen LogP contribution in [0.2, 0.25) is 5.02 Å². The number of fused-ring (bicyclic) bond motifs is 1. The van der Waals surface area contributed by atoms with Crippen molar-refractivity contribution >= 4 is 33.7 Å². The highest BCUT2D eigenvalue weighted by molar-refractivity contribution is 6.34. The predicted octanol–water partition coefficient (Wildman–Crippen LogP) is 3.51. The van der Waals surface area contributed by atoms with Gasteiger partial charge in [-0.15, -0.1) is 0 Å². The van der Waals surface area contributed by atoms with Gasteiger partial charge in [0.15, 0.2) is 0 Å². The maximum absolute atomic E-state index is 5.97. The molecule has 0 fully saturated rings. The Labute approximate surface area is 94.0 Å². The van der Waals surface area contributed by atoms with Gasteiger partial charge in [0, 0.05) is 17.6 Å². The molecule has 0 radical (unpaired) electrons. The van der Waals surface area contributed by atoms with Gasteiger partial charge in [0.05, 0.1) is 10.7 Å². The van der Waals surface area contributed by atoms with E-state index in [-0.39, 0.29) is 0 Å². The summed E-state index contributed by atoms with van der Waals surface area (Å²) < 4.78 is 0. The minimum absolute atomic E-state index is 0.608. The van der Waals surface area contributed by atoms with E-state index < -0.39 is 0 Å². The molecule has 2 nitrogen and oxygen atoms in total. The number of hydrogen-bond donors (Lipinski definition) is 2. The van der Waals surface area contributed by atoms with Crippen LogP contribution in [0.1, 0.15) is 6.92 Å². The summed E-state index contributed by atoms with van der Waals surface area (Å²) in [4.78, 5) is 0. The molecule has 0 aliphatic rings. The molecule has 2 aromatic rings.